The summed E-state index contributed by atoms with van der Waals surface area (Å²) >= 11 is 1.68. The van der Waals surface area contributed by atoms with E-state index in [1.165, 1.54) is 17.7 Å². The fourth-order valence-electron chi connectivity index (χ4n) is 2.64. The lowest BCUT2D eigenvalue weighted by Gasteiger charge is -2.16. The number of aryl methyl sites for hydroxylation is 1. The Morgan fingerprint density at radius 2 is 2.17 bits per heavy atom. The van der Waals surface area contributed by atoms with Crippen molar-refractivity contribution in [2.45, 2.75) is 26.3 Å². The lowest BCUT2D eigenvalue weighted by molar-refractivity contribution is -0.116. The maximum Gasteiger partial charge on any atom is 0.244 e. The lowest BCUT2D eigenvalue weighted by atomic mass is 10.2. The Morgan fingerprint density at radius 3 is 2.91 bits per heavy atom. The second-order valence-corrected chi connectivity index (χ2v) is 7.04. The molecule has 5 heteroatoms. The van der Waals surface area contributed by atoms with Crippen LogP contribution < -0.4 is 10.2 Å². The molecule has 4 nitrogen and oxygen atoms in total. The van der Waals surface area contributed by atoms with Gasteiger partial charge in [0.1, 0.15) is 5.82 Å². The van der Waals surface area contributed by atoms with Gasteiger partial charge in [-0.15, -0.1) is 11.3 Å². The summed E-state index contributed by atoms with van der Waals surface area (Å²) in [4.78, 5) is 21.0. The van der Waals surface area contributed by atoms with E-state index in [9.17, 15) is 4.79 Å². The molecule has 1 saturated heterocycles. The van der Waals surface area contributed by atoms with Crippen LogP contribution in [0.5, 0.6) is 0 Å². The van der Waals surface area contributed by atoms with Crippen LogP contribution in [0.3, 0.4) is 0 Å². The van der Waals surface area contributed by atoms with Crippen LogP contribution >= 0.6 is 11.3 Å². The summed E-state index contributed by atoms with van der Waals surface area (Å²) in [6.45, 7) is 4.73. The minimum atomic E-state index is -0.0735. The van der Waals surface area contributed by atoms with Crippen molar-refractivity contribution >= 4 is 29.1 Å². The molecule has 1 fully saturated rings. The highest BCUT2D eigenvalue weighted by molar-refractivity contribution is 7.12. The first-order chi connectivity index (χ1) is 11.2. The zero-order valence-electron chi connectivity index (χ0n) is 13.3. The number of thiophene rings is 1. The highest BCUT2D eigenvalue weighted by Gasteiger charge is 2.13. The van der Waals surface area contributed by atoms with Crippen molar-refractivity contribution in [1.29, 1.82) is 0 Å². The van der Waals surface area contributed by atoms with Crippen LogP contribution in [0.4, 0.5) is 5.82 Å². The predicted octanol–water partition coefficient (Wildman–Crippen LogP) is 3.38. The molecule has 1 aliphatic heterocycles. The van der Waals surface area contributed by atoms with Gasteiger partial charge in [0.25, 0.3) is 0 Å². The van der Waals surface area contributed by atoms with E-state index in [4.69, 9.17) is 0 Å². The van der Waals surface area contributed by atoms with Gasteiger partial charge < -0.3 is 10.2 Å². The first kappa shape index (κ1) is 15.7. The van der Waals surface area contributed by atoms with E-state index >= 15 is 0 Å². The van der Waals surface area contributed by atoms with Crippen LogP contribution in [0.15, 0.2) is 36.5 Å². The van der Waals surface area contributed by atoms with E-state index in [1.807, 2.05) is 24.4 Å². The van der Waals surface area contributed by atoms with Gasteiger partial charge in [-0.25, -0.2) is 4.98 Å². The Kier molecular flexibility index (Phi) is 5.08. The number of hydrogen-bond acceptors (Lipinski definition) is 4. The van der Waals surface area contributed by atoms with E-state index in [2.05, 4.69) is 34.3 Å². The van der Waals surface area contributed by atoms with Gasteiger partial charge >= 0.3 is 0 Å². The van der Waals surface area contributed by atoms with Crippen molar-refractivity contribution in [3.63, 3.8) is 0 Å². The summed E-state index contributed by atoms with van der Waals surface area (Å²) in [6.07, 6.45) is 7.73. The number of carbonyl (C=O) groups is 1. The summed E-state index contributed by atoms with van der Waals surface area (Å²) in [5.41, 5.74) is 1.08. The van der Waals surface area contributed by atoms with E-state index < -0.39 is 0 Å². The molecular weight excluding hydrogens is 306 g/mol. The molecule has 0 bridgehead atoms. The summed E-state index contributed by atoms with van der Waals surface area (Å²) < 4.78 is 0. The van der Waals surface area contributed by atoms with E-state index in [0.29, 0.717) is 6.54 Å². The van der Waals surface area contributed by atoms with Crippen LogP contribution in [0, 0.1) is 6.92 Å². The maximum atomic E-state index is 11.9. The molecule has 23 heavy (non-hydrogen) atoms. The first-order valence-electron chi connectivity index (χ1n) is 7.93. The Morgan fingerprint density at radius 1 is 1.35 bits per heavy atom. The van der Waals surface area contributed by atoms with Crippen molar-refractivity contribution in [3.05, 3.63) is 51.9 Å². The minimum Gasteiger partial charge on any atom is -0.357 e. The average molecular weight is 327 g/mol. The van der Waals surface area contributed by atoms with Gasteiger partial charge in [-0.1, -0.05) is 0 Å². The Hall–Kier alpha value is -2.14. The standard InChI is InChI=1S/C18H21N3OS/c1-14-4-5-16(23-14)6-7-18(22)20-13-15-8-9-19-17(12-15)21-10-2-3-11-21/h4-9,12H,2-3,10-11,13H2,1H3,(H,20,22). The van der Waals surface area contributed by atoms with E-state index in [-0.39, 0.29) is 5.91 Å². The number of pyridine rings is 1. The molecular formula is C18H21N3OS. The van der Waals surface area contributed by atoms with Gasteiger partial charge in [0.15, 0.2) is 0 Å². The molecule has 0 aromatic carbocycles. The van der Waals surface area contributed by atoms with Crippen LogP contribution in [0.1, 0.15) is 28.2 Å². The summed E-state index contributed by atoms with van der Waals surface area (Å²) in [7, 11) is 0. The number of aromatic nitrogens is 1. The average Bonchev–Trinajstić information content (AvgIpc) is 3.23. The van der Waals surface area contributed by atoms with Crippen molar-refractivity contribution in [1.82, 2.24) is 10.3 Å². The number of carbonyl (C=O) groups excluding carboxylic acids is 1. The topological polar surface area (TPSA) is 45.2 Å². The molecule has 0 saturated carbocycles. The molecule has 1 aliphatic rings. The Labute approximate surface area is 140 Å². The smallest absolute Gasteiger partial charge is 0.244 e. The lowest BCUT2D eigenvalue weighted by Crippen LogP contribution is -2.22. The molecule has 2 aromatic heterocycles. The highest BCUT2D eigenvalue weighted by Crippen LogP contribution is 2.18. The number of nitrogens with zero attached hydrogens (tertiary/aromatic N) is 2. The third kappa shape index (κ3) is 4.42. The molecule has 1 N–H and O–H groups in total. The summed E-state index contributed by atoms with van der Waals surface area (Å²) in [6, 6.07) is 8.10. The molecule has 1 amide bonds. The highest BCUT2D eigenvalue weighted by atomic mass is 32.1. The third-order valence-electron chi connectivity index (χ3n) is 3.87. The number of hydrogen-bond donors (Lipinski definition) is 1. The quantitative estimate of drug-likeness (QED) is 0.856. The molecule has 0 unspecified atom stereocenters. The zero-order valence-corrected chi connectivity index (χ0v) is 14.1. The van der Waals surface area contributed by atoms with Gasteiger partial charge in [-0.2, -0.15) is 0 Å². The molecule has 3 rings (SSSR count). The van der Waals surface area contributed by atoms with E-state index in [0.717, 1.165) is 29.3 Å². The normalized spacial score (nSPS) is 14.6. The van der Waals surface area contributed by atoms with Gasteiger partial charge in [-0.3, -0.25) is 4.79 Å². The van der Waals surface area contributed by atoms with Gasteiger partial charge in [-0.05, 0) is 55.7 Å². The minimum absolute atomic E-state index is 0.0735. The van der Waals surface area contributed by atoms with Crippen molar-refractivity contribution < 1.29 is 4.79 Å². The second kappa shape index (κ2) is 7.42. The molecule has 0 spiro atoms. The first-order valence-corrected chi connectivity index (χ1v) is 8.74. The van der Waals surface area contributed by atoms with Crippen molar-refractivity contribution in [2.75, 3.05) is 18.0 Å². The fourth-order valence-corrected chi connectivity index (χ4v) is 3.42. The number of amides is 1. The molecule has 120 valence electrons. The Bertz CT molecular complexity index is 702. The SMILES string of the molecule is Cc1ccc(C=CC(=O)NCc2ccnc(N3CCCC3)c2)s1. The Balaban J connectivity index is 1.54. The molecule has 2 aromatic rings. The molecule has 0 radical (unpaired) electrons. The maximum absolute atomic E-state index is 11.9. The third-order valence-corrected chi connectivity index (χ3v) is 4.83. The zero-order chi connectivity index (χ0) is 16.1. The van der Waals surface area contributed by atoms with Crippen LogP contribution in [-0.4, -0.2) is 24.0 Å². The van der Waals surface area contributed by atoms with Crippen molar-refractivity contribution in [2.24, 2.45) is 0 Å². The predicted molar refractivity (Wildman–Crippen MR) is 95.6 cm³/mol. The number of rotatable bonds is 5. The second-order valence-electron chi connectivity index (χ2n) is 5.72. The van der Waals surface area contributed by atoms with Crippen LogP contribution in [-0.2, 0) is 11.3 Å². The number of anilines is 1. The largest absolute Gasteiger partial charge is 0.357 e. The van der Waals surface area contributed by atoms with Gasteiger partial charge in [0.05, 0.1) is 0 Å². The molecule has 3 heterocycles. The fraction of sp³-hybridized carbons (Fsp3) is 0.333. The summed E-state index contributed by atoms with van der Waals surface area (Å²) in [5.74, 6) is 0.939. The van der Waals surface area contributed by atoms with E-state index in [1.54, 1.807) is 17.4 Å². The van der Waals surface area contributed by atoms with Crippen molar-refractivity contribution in [3.8, 4) is 0 Å². The van der Waals surface area contributed by atoms with Gasteiger partial charge in [0.2, 0.25) is 5.91 Å². The monoisotopic (exact) mass is 327 g/mol. The molecule has 0 aliphatic carbocycles. The van der Waals surface area contributed by atoms with Crippen LogP contribution in [0.2, 0.25) is 0 Å². The summed E-state index contributed by atoms with van der Waals surface area (Å²) in [5, 5.41) is 2.93. The van der Waals surface area contributed by atoms with Gasteiger partial charge in [0, 0.05) is 41.7 Å². The van der Waals surface area contributed by atoms with Crippen LogP contribution in [0.25, 0.3) is 6.08 Å². The number of nitrogens with one attached hydrogen (secondary N) is 1. The molecule has 0 atom stereocenters.